The molecular weight excluding hydrogens is 212 g/mol. The number of benzene rings is 2. The highest BCUT2D eigenvalue weighted by Gasteiger charge is 2.02. The second-order valence-corrected chi connectivity index (χ2v) is 4.12. The molecule has 17 heavy (non-hydrogen) atoms. The first-order valence-corrected chi connectivity index (χ1v) is 5.56. The van der Waals surface area contributed by atoms with Gasteiger partial charge in [-0.3, -0.25) is 15.0 Å². The lowest BCUT2D eigenvalue weighted by Crippen LogP contribution is -1.98. The van der Waals surface area contributed by atoms with Gasteiger partial charge in [-0.15, -0.1) is 0 Å². The Hall–Kier alpha value is -2.29. The van der Waals surface area contributed by atoms with Crippen molar-refractivity contribution in [3.63, 3.8) is 0 Å². The number of rotatable bonds is 2. The summed E-state index contributed by atoms with van der Waals surface area (Å²) in [5.74, 6) is 0. The van der Waals surface area contributed by atoms with Gasteiger partial charge in [0, 0.05) is 0 Å². The molecule has 3 nitrogen and oxygen atoms in total. The zero-order chi connectivity index (χ0) is 11.7. The molecule has 0 radical (unpaired) electrons. The fourth-order valence-corrected chi connectivity index (χ4v) is 2.02. The summed E-state index contributed by atoms with van der Waals surface area (Å²) >= 11 is 0. The molecule has 3 aromatic rings. The number of nitrogens with one attached hydrogen (secondary N) is 2. The lowest BCUT2D eigenvalue weighted by atomic mass is 10.0. The van der Waals surface area contributed by atoms with Gasteiger partial charge < -0.3 is 0 Å². The number of hydrogen-bond acceptors (Lipinski definition) is 1. The van der Waals surface area contributed by atoms with Crippen molar-refractivity contribution in [2.24, 2.45) is 0 Å². The molecule has 0 unspecified atom stereocenters. The normalized spacial score (nSPS) is 10.8. The Balaban J connectivity index is 2.01. The maximum absolute atomic E-state index is 11.5. The lowest BCUT2D eigenvalue weighted by molar-refractivity contribution is 1.08. The molecule has 3 rings (SSSR count). The minimum atomic E-state index is -0.0603. The fourth-order valence-electron chi connectivity index (χ4n) is 2.02. The van der Waals surface area contributed by atoms with Crippen molar-refractivity contribution in [3.8, 4) is 0 Å². The Labute approximate surface area is 98.1 Å². The number of hydrogen-bond donors (Lipinski definition) is 2. The minimum absolute atomic E-state index is 0.0603. The lowest BCUT2D eigenvalue weighted by Gasteiger charge is -2.01. The molecule has 0 bridgehead atoms. The summed E-state index contributed by atoms with van der Waals surface area (Å²) in [4.78, 5) is 11.5. The van der Waals surface area contributed by atoms with Crippen molar-refractivity contribution in [2.75, 3.05) is 0 Å². The summed E-state index contributed by atoms with van der Waals surface area (Å²) in [5, 5.41) is 6.15. The zero-order valence-corrected chi connectivity index (χ0v) is 9.23. The molecule has 84 valence electrons. The quantitative estimate of drug-likeness (QED) is 0.690. The van der Waals surface area contributed by atoms with Crippen molar-refractivity contribution < 1.29 is 0 Å². The smallest absolute Gasteiger partial charge is 0.271 e. The monoisotopic (exact) mass is 224 g/mol. The molecule has 0 saturated carbocycles. The van der Waals surface area contributed by atoms with Gasteiger partial charge in [-0.2, -0.15) is 0 Å². The van der Waals surface area contributed by atoms with Crippen LogP contribution in [0, 0.1) is 0 Å². The second-order valence-electron chi connectivity index (χ2n) is 4.12. The molecule has 0 saturated heterocycles. The van der Waals surface area contributed by atoms with Crippen LogP contribution in [0.4, 0.5) is 0 Å². The number of H-pyrrole nitrogens is 2. The molecule has 0 aliphatic heterocycles. The molecule has 2 aromatic carbocycles. The third kappa shape index (κ3) is 1.87. The van der Waals surface area contributed by atoms with Gasteiger partial charge in [0.2, 0.25) is 0 Å². The number of fused-ring (bicyclic) bond motifs is 1. The predicted molar refractivity (Wildman–Crippen MR) is 68.2 cm³/mol. The van der Waals surface area contributed by atoms with Crippen molar-refractivity contribution in [3.05, 3.63) is 70.0 Å². The Morgan fingerprint density at radius 2 is 1.71 bits per heavy atom. The van der Waals surface area contributed by atoms with E-state index in [0.717, 1.165) is 22.9 Å². The van der Waals surface area contributed by atoms with Gasteiger partial charge >= 0.3 is 0 Å². The average molecular weight is 224 g/mol. The summed E-state index contributed by atoms with van der Waals surface area (Å²) < 4.78 is 0. The largest absolute Gasteiger partial charge is 0.298 e. The highest BCUT2D eigenvalue weighted by molar-refractivity contribution is 5.78. The van der Waals surface area contributed by atoms with Gasteiger partial charge in [-0.1, -0.05) is 36.4 Å². The predicted octanol–water partition coefficient (Wildman–Crippen LogP) is 2.45. The molecular formula is C14H12N2O. The highest BCUT2D eigenvalue weighted by Crippen LogP contribution is 2.13. The van der Waals surface area contributed by atoms with Gasteiger partial charge in [0.25, 0.3) is 5.56 Å². The average Bonchev–Trinajstić information content (AvgIpc) is 2.73. The van der Waals surface area contributed by atoms with Crippen molar-refractivity contribution in [2.45, 2.75) is 6.42 Å². The van der Waals surface area contributed by atoms with Crippen LogP contribution in [-0.4, -0.2) is 10.2 Å². The third-order valence-corrected chi connectivity index (χ3v) is 2.89. The van der Waals surface area contributed by atoms with E-state index in [1.165, 1.54) is 5.56 Å². The van der Waals surface area contributed by atoms with Crippen molar-refractivity contribution in [1.29, 1.82) is 0 Å². The van der Waals surface area contributed by atoms with E-state index in [-0.39, 0.29) is 5.56 Å². The van der Waals surface area contributed by atoms with E-state index in [2.05, 4.69) is 22.3 Å². The van der Waals surface area contributed by atoms with Crippen LogP contribution in [0.5, 0.6) is 0 Å². The second kappa shape index (κ2) is 3.94. The van der Waals surface area contributed by atoms with E-state index in [1.807, 2.05) is 36.4 Å². The SMILES string of the molecule is O=c1[nH][nH]c2ccc(Cc3ccccc3)cc12. The summed E-state index contributed by atoms with van der Waals surface area (Å²) in [5.41, 5.74) is 3.19. The van der Waals surface area contributed by atoms with E-state index in [9.17, 15) is 4.79 Å². The van der Waals surface area contributed by atoms with Crippen LogP contribution in [0.1, 0.15) is 11.1 Å². The highest BCUT2D eigenvalue weighted by atomic mass is 16.1. The molecule has 0 aliphatic carbocycles. The first-order valence-electron chi connectivity index (χ1n) is 5.56. The van der Waals surface area contributed by atoms with Gasteiger partial charge in [0.05, 0.1) is 10.9 Å². The maximum atomic E-state index is 11.5. The Morgan fingerprint density at radius 3 is 2.53 bits per heavy atom. The van der Waals surface area contributed by atoms with E-state index < -0.39 is 0 Å². The Kier molecular flexibility index (Phi) is 2.29. The topological polar surface area (TPSA) is 48.6 Å². The van der Waals surface area contributed by atoms with Crippen LogP contribution in [0.2, 0.25) is 0 Å². The number of aromatic nitrogens is 2. The molecule has 0 spiro atoms. The molecule has 0 amide bonds. The molecule has 0 fully saturated rings. The van der Waals surface area contributed by atoms with E-state index in [1.54, 1.807) is 0 Å². The number of aromatic amines is 2. The molecule has 1 aromatic heterocycles. The first kappa shape index (κ1) is 9.90. The van der Waals surface area contributed by atoms with Crippen LogP contribution >= 0.6 is 0 Å². The minimum Gasteiger partial charge on any atom is -0.298 e. The fraction of sp³-hybridized carbons (Fsp3) is 0.0714. The Bertz CT molecular complexity index is 695. The summed E-state index contributed by atoms with van der Waals surface area (Å²) in [6.07, 6.45) is 0.849. The van der Waals surface area contributed by atoms with Crippen LogP contribution in [0.3, 0.4) is 0 Å². The first-order chi connectivity index (χ1) is 8.33. The van der Waals surface area contributed by atoms with Gasteiger partial charge in [0.1, 0.15) is 0 Å². The van der Waals surface area contributed by atoms with Crippen LogP contribution in [-0.2, 0) is 6.42 Å². The molecule has 2 N–H and O–H groups in total. The summed E-state index contributed by atoms with van der Waals surface area (Å²) in [6, 6.07) is 16.1. The van der Waals surface area contributed by atoms with Crippen LogP contribution in [0.25, 0.3) is 10.9 Å². The molecule has 0 aliphatic rings. The van der Waals surface area contributed by atoms with E-state index >= 15 is 0 Å². The van der Waals surface area contributed by atoms with Crippen molar-refractivity contribution in [1.82, 2.24) is 10.2 Å². The molecule has 3 heteroatoms. The van der Waals surface area contributed by atoms with E-state index in [0.29, 0.717) is 0 Å². The van der Waals surface area contributed by atoms with Gasteiger partial charge in [0.15, 0.2) is 0 Å². The zero-order valence-electron chi connectivity index (χ0n) is 9.23. The maximum Gasteiger partial charge on any atom is 0.271 e. The standard InChI is InChI=1S/C14H12N2O/c17-14-12-9-11(6-7-13(12)15-16-14)8-10-4-2-1-3-5-10/h1-7,9H,8H2,(H2,15,16,17). The van der Waals surface area contributed by atoms with Gasteiger partial charge in [-0.05, 0) is 29.7 Å². The van der Waals surface area contributed by atoms with Crippen LogP contribution in [0.15, 0.2) is 53.3 Å². The van der Waals surface area contributed by atoms with E-state index in [4.69, 9.17) is 0 Å². The summed E-state index contributed by atoms with van der Waals surface area (Å²) in [7, 11) is 0. The molecule has 0 atom stereocenters. The summed E-state index contributed by atoms with van der Waals surface area (Å²) in [6.45, 7) is 0. The Morgan fingerprint density at radius 1 is 0.882 bits per heavy atom. The third-order valence-electron chi connectivity index (χ3n) is 2.89. The van der Waals surface area contributed by atoms with Gasteiger partial charge in [-0.25, -0.2) is 0 Å². The van der Waals surface area contributed by atoms with Crippen molar-refractivity contribution >= 4 is 10.9 Å². The molecule has 1 heterocycles. The van der Waals surface area contributed by atoms with Crippen LogP contribution < -0.4 is 5.56 Å².